The van der Waals surface area contributed by atoms with Gasteiger partial charge < -0.3 is 14.5 Å². The summed E-state index contributed by atoms with van der Waals surface area (Å²) in [7, 11) is 0. The molecule has 0 bridgehead atoms. The van der Waals surface area contributed by atoms with Crippen molar-refractivity contribution in [3.63, 3.8) is 0 Å². The first-order valence-corrected chi connectivity index (χ1v) is 5.58. The third-order valence-corrected chi connectivity index (χ3v) is 2.02. The molecule has 0 aliphatic heterocycles. The summed E-state index contributed by atoms with van der Waals surface area (Å²) in [6, 6.07) is 3.98. The highest BCUT2D eigenvalue weighted by Crippen LogP contribution is 2.08. The fourth-order valence-electron chi connectivity index (χ4n) is 1.28. The molecule has 0 aliphatic rings. The summed E-state index contributed by atoms with van der Waals surface area (Å²) in [6.07, 6.45) is 0. The molecule has 0 saturated carbocycles. The third-order valence-electron chi connectivity index (χ3n) is 2.02. The van der Waals surface area contributed by atoms with Crippen molar-refractivity contribution in [2.24, 2.45) is 5.92 Å². The average molecular weight is 211 g/mol. The molecule has 3 heteroatoms. The molecule has 1 aromatic heterocycles. The van der Waals surface area contributed by atoms with E-state index < -0.39 is 0 Å². The number of rotatable bonds is 7. The molecular weight excluding hydrogens is 190 g/mol. The van der Waals surface area contributed by atoms with Crippen LogP contribution in [0.1, 0.15) is 32.3 Å². The molecule has 1 N–H and O–H groups in total. The zero-order valence-electron chi connectivity index (χ0n) is 9.88. The van der Waals surface area contributed by atoms with Gasteiger partial charge in [0, 0.05) is 6.61 Å². The van der Waals surface area contributed by atoms with E-state index in [9.17, 15) is 0 Å². The predicted octanol–water partition coefficient (Wildman–Crippen LogP) is 2.56. The van der Waals surface area contributed by atoms with E-state index in [0.29, 0.717) is 12.5 Å². The molecule has 0 aromatic carbocycles. The molecule has 0 aliphatic carbocycles. The van der Waals surface area contributed by atoms with Crippen LogP contribution in [0.2, 0.25) is 0 Å². The van der Waals surface area contributed by atoms with Crippen LogP contribution in [0.5, 0.6) is 0 Å². The summed E-state index contributed by atoms with van der Waals surface area (Å²) >= 11 is 0. The van der Waals surface area contributed by atoms with E-state index in [1.54, 1.807) is 0 Å². The van der Waals surface area contributed by atoms with E-state index in [-0.39, 0.29) is 0 Å². The molecule has 0 radical (unpaired) electrons. The lowest BCUT2D eigenvalue weighted by molar-refractivity contribution is 0.117. The van der Waals surface area contributed by atoms with Crippen molar-refractivity contribution in [2.75, 3.05) is 13.2 Å². The maximum Gasteiger partial charge on any atom is 0.129 e. The lowest BCUT2D eigenvalue weighted by atomic mass is 10.2. The zero-order valence-corrected chi connectivity index (χ0v) is 9.88. The van der Waals surface area contributed by atoms with Crippen LogP contribution >= 0.6 is 0 Å². The van der Waals surface area contributed by atoms with Crippen LogP contribution in [0, 0.1) is 5.92 Å². The molecule has 15 heavy (non-hydrogen) atoms. The quantitative estimate of drug-likeness (QED) is 0.752. The largest absolute Gasteiger partial charge is 0.462 e. The Balaban J connectivity index is 2.26. The summed E-state index contributed by atoms with van der Waals surface area (Å²) in [5.41, 5.74) is 0. The van der Waals surface area contributed by atoms with Crippen molar-refractivity contribution in [1.29, 1.82) is 0 Å². The number of furan rings is 1. The van der Waals surface area contributed by atoms with Gasteiger partial charge in [-0.05, 0) is 31.5 Å². The summed E-state index contributed by atoms with van der Waals surface area (Å²) < 4.78 is 10.8. The van der Waals surface area contributed by atoms with Crippen molar-refractivity contribution >= 4 is 0 Å². The molecule has 0 atom stereocenters. The van der Waals surface area contributed by atoms with E-state index in [1.807, 2.05) is 19.1 Å². The first-order chi connectivity index (χ1) is 7.22. The van der Waals surface area contributed by atoms with Gasteiger partial charge in [0.2, 0.25) is 0 Å². The normalized spacial score (nSPS) is 11.2. The summed E-state index contributed by atoms with van der Waals surface area (Å²) in [5.74, 6) is 2.55. The number of hydrogen-bond donors (Lipinski definition) is 1. The highest BCUT2D eigenvalue weighted by atomic mass is 16.5. The number of hydrogen-bond acceptors (Lipinski definition) is 3. The highest BCUT2D eigenvalue weighted by molar-refractivity contribution is 5.06. The van der Waals surface area contributed by atoms with E-state index in [1.165, 1.54) is 0 Å². The first kappa shape index (κ1) is 12.3. The van der Waals surface area contributed by atoms with Crippen LogP contribution in [0.4, 0.5) is 0 Å². The molecule has 0 fully saturated rings. The zero-order chi connectivity index (χ0) is 11.1. The van der Waals surface area contributed by atoms with Crippen LogP contribution in [0.3, 0.4) is 0 Å². The Kier molecular flexibility index (Phi) is 5.43. The molecule has 1 heterocycles. The topological polar surface area (TPSA) is 34.4 Å². The Morgan fingerprint density at radius 2 is 2.07 bits per heavy atom. The SMILES string of the molecule is CCOCc1ccc(CNCC(C)C)o1. The molecule has 0 saturated heterocycles. The number of nitrogens with one attached hydrogen (secondary N) is 1. The minimum absolute atomic E-state index is 0.570. The van der Waals surface area contributed by atoms with Gasteiger partial charge in [0.05, 0.1) is 6.54 Å². The van der Waals surface area contributed by atoms with Gasteiger partial charge in [-0.25, -0.2) is 0 Å². The summed E-state index contributed by atoms with van der Waals surface area (Å²) in [5, 5.41) is 3.34. The maximum atomic E-state index is 5.58. The van der Waals surface area contributed by atoms with Crippen LogP contribution in [0.25, 0.3) is 0 Å². The molecule has 3 nitrogen and oxygen atoms in total. The second-order valence-corrected chi connectivity index (χ2v) is 4.03. The lowest BCUT2D eigenvalue weighted by Gasteiger charge is -2.04. The fourth-order valence-corrected chi connectivity index (χ4v) is 1.28. The monoisotopic (exact) mass is 211 g/mol. The van der Waals surface area contributed by atoms with Gasteiger partial charge >= 0.3 is 0 Å². The van der Waals surface area contributed by atoms with Crippen LogP contribution in [-0.4, -0.2) is 13.2 Å². The minimum Gasteiger partial charge on any atom is -0.462 e. The summed E-state index contributed by atoms with van der Waals surface area (Å²) in [6.45, 7) is 9.47. The van der Waals surface area contributed by atoms with Gasteiger partial charge in [0.1, 0.15) is 18.1 Å². The Morgan fingerprint density at radius 3 is 2.73 bits per heavy atom. The Bertz CT molecular complexity index is 268. The van der Waals surface area contributed by atoms with Gasteiger partial charge in [0.25, 0.3) is 0 Å². The standard InChI is InChI=1S/C12H21NO2/c1-4-14-9-12-6-5-11(15-12)8-13-7-10(2)3/h5-6,10,13H,4,7-9H2,1-3H3. The maximum absolute atomic E-state index is 5.58. The molecule has 1 rings (SSSR count). The second-order valence-electron chi connectivity index (χ2n) is 4.03. The fraction of sp³-hybridized carbons (Fsp3) is 0.667. The molecule has 0 unspecified atom stereocenters. The van der Waals surface area contributed by atoms with Gasteiger partial charge in [0.15, 0.2) is 0 Å². The number of ether oxygens (including phenoxy) is 1. The van der Waals surface area contributed by atoms with E-state index >= 15 is 0 Å². The smallest absolute Gasteiger partial charge is 0.129 e. The van der Waals surface area contributed by atoms with Crippen molar-refractivity contribution in [3.05, 3.63) is 23.7 Å². The lowest BCUT2D eigenvalue weighted by Crippen LogP contribution is -2.18. The molecule has 0 amide bonds. The first-order valence-electron chi connectivity index (χ1n) is 5.58. The van der Waals surface area contributed by atoms with Crippen molar-refractivity contribution in [3.8, 4) is 0 Å². The van der Waals surface area contributed by atoms with E-state index in [0.717, 1.165) is 31.2 Å². The third kappa shape index (κ3) is 5.00. The Hall–Kier alpha value is -0.800. The van der Waals surface area contributed by atoms with Gasteiger partial charge in [-0.1, -0.05) is 13.8 Å². The highest BCUT2D eigenvalue weighted by Gasteiger charge is 2.01. The van der Waals surface area contributed by atoms with E-state index in [4.69, 9.17) is 9.15 Å². The Morgan fingerprint density at radius 1 is 1.33 bits per heavy atom. The van der Waals surface area contributed by atoms with Crippen molar-refractivity contribution in [1.82, 2.24) is 5.32 Å². The Labute approximate surface area is 91.8 Å². The molecule has 0 spiro atoms. The molecule has 1 aromatic rings. The minimum atomic E-state index is 0.570. The predicted molar refractivity (Wildman–Crippen MR) is 60.6 cm³/mol. The van der Waals surface area contributed by atoms with Crippen molar-refractivity contribution in [2.45, 2.75) is 33.9 Å². The van der Waals surface area contributed by atoms with Gasteiger partial charge in [-0.2, -0.15) is 0 Å². The van der Waals surface area contributed by atoms with E-state index in [2.05, 4.69) is 19.2 Å². The van der Waals surface area contributed by atoms with Gasteiger partial charge in [-0.3, -0.25) is 0 Å². The summed E-state index contributed by atoms with van der Waals surface area (Å²) in [4.78, 5) is 0. The average Bonchev–Trinajstić information content (AvgIpc) is 2.62. The molecule has 86 valence electrons. The van der Waals surface area contributed by atoms with Crippen LogP contribution in [0.15, 0.2) is 16.5 Å². The van der Waals surface area contributed by atoms with Crippen LogP contribution < -0.4 is 5.32 Å². The second kappa shape index (κ2) is 6.64. The van der Waals surface area contributed by atoms with Gasteiger partial charge in [-0.15, -0.1) is 0 Å². The van der Waals surface area contributed by atoms with Crippen LogP contribution in [-0.2, 0) is 17.9 Å². The molecular formula is C12H21NO2. The van der Waals surface area contributed by atoms with Crippen molar-refractivity contribution < 1.29 is 9.15 Å².